The van der Waals surface area contributed by atoms with E-state index in [1.54, 1.807) is 0 Å². The molecule has 2 aliphatic heterocycles. The van der Waals surface area contributed by atoms with Crippen LogP contribution in [-0.4, -0.2) is 43.2 Å². The fourth-order valence-corrected chi connectivity index (χ4v) is 2.17. The highest BCUT2D eigenvalue weighted by Crippen LogP contribution is 2.19. The number of nitrogens with two attached hydrogens (primary N) is 1. The van der Waals surface area contributed by atoms with Gasteiger partial charge in [0.05, 0.1) is 0 Å². The summed E-state index contributed by atoms with van der Waals surface area (Å²) in [4.78, 5) is 2.58. The van der Waals surface area contributed by atoms with Crippen molar-refractivity contribution >= 4 is 0 Å². The van der Waals surface area contributed by atoms with Crippen LogP contribution in [0, 0.1) is 0 Å². The van der Waals surface area contributed by atoms with Crippen molar-refractivity contribution in [1.82, 2.24) is 10.2 Å². The summed E-state index contributed by atoms with van der Waals surface area (Å²) >= 11 is 0. The zero-order valence-corrected chi connectivity index (χ0v) is 6.92. The maximum Gasteiger partial charge on any atom is 0.0318 e. The summed E-state index contributed by atoms with van der Waals surface area (Å²) in [7, 11) is 0. The van der Waals surface area contributed by atoms with Crippen LogP contribution in [0.5, 0.6) is 0 Å². The highest BCUT2D eigenvalue weighted by molar-refractivity contribution is 4.90. The minimum absolute atomic E-state index is 0.546. The number of hydrogen-bond acceptors (Lipinski definition) is 3. The number of nitrogens with one attached hydrogen (secondary N) is 1. The Morgan fingerprint density at radius 3 is 3.27 bits per heavy atom. The van der Waals surface area contributed by atoms with E-state index in [0.29, 0.717) is 6.04 Å². The molecular formula is C8H17N3. The molecule has 2 rings (SSSR count). The van der Waals surface area contributed by atoms with E-state index in [2.05, 4.69) is 10.2 Å². The van der Waals surface area contributed by atoms with Gasteiger partial charge in [0.15, 0.2) is 0 Å². The predicted molar refractivity (Wildman–Crippen MR) is 45.4 cm³/mol. The number of nitrogens with zero attached hydrogens (tertiary/aromatic N) is 1. The molecule has 0 aromatic carbocycles. The number of rotatable bonds is 1. The van der Waals surface area contributed by atoms with Crippen LogP contribution < -0.4 is 11.1 Å². The van der Waals surface area contributed by atoms with E-state index >= 15 is 0 Å². The molecule has 0 saturated carbocycles. The number of hydrogen-bond donors (Lipinski definition) is 2. The lowest BCUT2D eigenvalue weighted by Gasteiger charge is -2.35. The summed E-state index contributed by atoms with van der Waals surface area (Å²) in [5, 5.41) is 3.47. The molecule has 2 heterocycles. The summed E-state index contributed by atoms with van der Waals surface area (Å²) in [6.45, 7) is 4.40. The lowest BCUT2D eigenvalue weighted by molar-refractivity contribution is 0.176. The Kier molecular flexibility index (Phi) is 2.11. The molecule has 2 saturated heterocycles. The maximum atomic E-state index is 5.60. The third-order valence-corrected chi connectivity index (χ3v) is 2.88. The van der Waals surface area contributed by atoms with E-state index in [1.807, 2.05) is 0 Å². The van der Waals surface area contributed by atoms with Gasteiger partial charge in [0.2, 0.25) is 0 Å². The molecule has 2 unspecified atom stereocenters. The molecule has 0 aliphatic carbocycles. The van der Waals surface area contributed by atoms with E-state index in [-0.39, 0.29) is 0 Å². The molecule has 2 aliphatic rings. The molecule has 0 aromatic rings. The summed E-state index contributed by atoms with van der Waals surface area (Å²) in [5.41, 5.74) is 5.60. The number of piperazine rings is 1. The van der Waals surface area contributed by atoms with Gasteiger partial charge in [0.1, 0.15) is 0 Å². The average molecular weight is 155 g/mol. The molecular weight excluding hydrogens is 138 g/mol. The molecule has 0 amide bonds. The van der Waals surface area contributed by atoms with Gasteiger partial charge in [-0.1, -0.05) is 0 Å². The Bertz CT molecular complexity index is 137. The fourth-order valence-electron chi connectivity index (χ4n) is 2.17. The summed E-state index contributed by atoms with van der Waals surface area (Å²) < 4.78 is 0. The zero-order chi connectivity index (χ0) is 7.68. The van der Waals surface area contributed by atoms with E-state index in [9.17, 15) is 0 Å². The second-order valence-corrected chi connectivity index (χ2v) is 3.63. The maximum absolute atomic E-state index is 5.60. The minimum atomic E-state index is 0.546. The molecule has 2 atom stereocenters. The van der Waals surface area contributed by atoms with Gasteiger partial charge in [0.25, 0.3) is 0 Å². The molecule has 0 spiro atoms. The summed E-state index contributed by atoms with van der Waals surface area (Å²) in [5.74, 6) is 0. The Morgan fingerprint density at radius 2 is 2.45 bits per heavy atom. The van der Waals surface area contributed by atoms with Crippen LogP contribution in [0.2, 0.25) is 0 Å². The first-order valence-corrected chi connectivity index (χ1v) is 4.57. The predicted octanol–water partition coefficient (Wildman–Crippen LogP) is -0.619. The third kappa shape index (κ3) is 1.41. The van der Waals surface area contributed by atoms with E-state index in [0.717, 1.165) is 19.1 Å². The normalized spacial score (nSPS) is 39.0. The fraction of sp³-hybridized carbons (Fsp3) is 1.00. The number of fused-ring (bicyclic) bond motifs is 1. The van der Waals surface area contributed by atoms with Gasteiger partial charge >= 0.3 is 0 Å². The van der Waals surface area contributed by atoms with E-state index < -0.39 is 0 Å². The standard InChI is InChI=1S/C8H17N3/c9-4-7-6-11-3-1-2-8(11)5-10-7/h7-8,10H,1-6,9H2. The first kappa shape index (κ1) is 7.53. The van der Waals surface area contributed by atoms with Gasteiger partial charge in [0, 0.05) is 31.7 Å². The zero-order valence-electron chi connectivity index (χ0n) is 6.92. The van der Waals surface area contributed by atoms with Crippen LogP contribution in [0.4, 0.5) is 0 Å². The molecule has 0 aromatic heterocycles. The van der Waals surface area contributed by atoms with Gasteiger partial charge in [-0.2, -0.15) is 0 Å². The van der Waals surface area contributed by atoms with Crippen molar-refractivity contribution in [3.8, 4) is 0 Å². The SMILES string of the molecule is NCC1CN2CCCC2CN1. The van der Waals surface area contributed by atoms with Crippen LogP contribution >= 0.6 is 0 Å². The Balaban J connectivity index is 1.91. The molecule has 3 N–H and O–H groups in total. The summed E-state index contributed by atoms with van der Waals surface area (Å²) in [6.07, 6.45) is 2.76. The van der Waals surface area contributed by atoms with Crippen molar-refractivity contribution in [3.05, 3.63) is 0 Å². The van der Waals surface area contributed by atoms with Crippen molar-refractivity contribution in [1.29, 1.82) is 0 Å². The smallest absolute Gasteiger partial charge is 0.0318 e. The third-order valence-electron chi connectivity index (χ3n) is 2.88. The van der Waals surface area contributed by atoms with Crippen LogP contribution in [-0.2, 0) is 0 Å². The highest BCUT2D eigenvalue weighted by atomic mass is 15.2. The Morgan fingerprint density at radius 1 is 1.55 bits per heavy atom. The molecule has 3 heteroatoms. The highest BCUT2D eigenvalue weighted by Gasteiger charge is 2.30. The topological polar surface area (TPSA) is 41.3 Å². The van der Waals surface area contributed by atoms with Crippen LogP contribution in [0.3, 0.4) is 0 Å². The van der Waals surface area contributed by atoms with Gasteiger partial charge < -0.3 is 11.1 Å². The Hall–Kier alpha value is -0.120. The monoisotopic (exact) mass is 155 g/mol. The Labute approximate surface area is 67.9 Å². The summed E-state index contributed by atoms with van der Waals surface area (Å²) in [6, 6.07) is 1.36. The molecule has 11 heavy (non-hydrogen) atoms. The van der Waals surface area contributed by atoms with E-state index in [1.165, 1.54) is 25.9 Å². The molecule has 64 valence electrons. The molecule has 0 bridgehead atoms. The van der Waals surface area contributed by atoms with Crippen molar-refractivity contribution in [2.24, 2.45) is 5.73 Å². The van der Waals surface area contributed by atoms with Gasteiger partial charge in [-0.15, -0.1) is 0 Å². The van der Waals surface area contributed by atoms with Crippen LogP contribution in [0.1, 0.15) is 12.8 Å². The van der Waals surface area contributed by atoms with E-state index in [4.69, 9.17) is 5.73 Å². The van der Waals surface area contributed by atoms with Crippen LogP contribution in [0.15, 0.2) is 0 Å². The minimum Gasteiger partial charge on any atom is -0.329 e. The lowest BCUT2D eigenvalue weighted by Crippen LogP contribution is -2.56. The second kappa shape index (κ2) is 3.09. The largest absolute Gasteiger partial charge is 0.329 e. The first-order chi connectivity index (χ1) is 5.40. The van der Waals surface area contributed by atoms with Crippen molar-refractivity contribution in [3.63, 3.8) is 0 Å². The van der Waals surface area contributed by atoms with Crippen molar-refractivity contribution in [2.75, 3.05) is 26.2 Å². The van der Waals surface area contributed by atoms with Crippen molar-refractivity contribution in [2.45, 2.75) is 24.9 Å². The first-order valence-electron chi connectivity index (χ1n) is 4.57. The molecule has 3 nitrogen and oxygen atoms in total. The average Bonchev–Trinajstić information content (AvgIpc) is 2.50. The van der Waals surface area contributed by atoms with Gasteiger partial charge in [-0.25, -0.2) is 0 Å². The van der Waals surface area contributed by atoms with Gasteiger partial charge in [-0.3, -0.25) is 4.90 Å². The molecule has 2 fully saturated rings. The second-order valence-electron chi connectivity index (χ2n) is 3.63. The van der Waals surface area contributed by atoms with Crippen LogP contribution in [0.25, 0.3) is 0 Å². The lowest BCUT2D eigenvalue weighted by atomic mass is 10.1. The van der Waals surface area contributed by atoms with Crippen molar-refractivity contribution < 1.29 is 0 Å². The quantitative estimate of drug-likeness (QED) is 0.530. The molecule has 0 radical (unpaired) electrons. The van der Waals surface area contributed by atoms with Gasteiger partial charge in [-0.05, 0) is 19.4 Å².